The fraction of sp³-hybridized carbons (Fsp3) is 0.333. The first kappa shape index (κ1) is 12.8. The Morgan fingerprint density at radius 3 is 2.25 bits per heavy atom. The van der Waals surface area contributed by atoms with Gasteiger partial charge in [0.2, 0.25) is 0 Å². The van der Waals surface area contributed by atoms with Crippen LogP contribution in [0.2, 0.25) is 0 Å². The molecule has 0 aliphatic heterocycles. The van der Waals surface area contributed by atoms with Gasteiger partial charge in [0.15, 0.2) is 5.78 Å². The van der Waals surface area contributed by atoms with Gasteiger partial charge < -0.3 is 5.11 Å². The minimum Gasteiger partial charge on any atom is -0.480 e. The summed E-state index contributed by atoms with van der Waals surface area (Å²) in [4.78, 5) is 22.8. The average Bonchev–Trinajstić information content (AvgIpc) is 2.26. The Balaban J connectivity index is 2.75. The standard InChI is InChI=1S/C12H14O3S/c1-3-11(12(14)15)16-10-6-4-9(5-7-10)8(2)13/h4-7,11H,3H2,1-2H3,(H,14,15). The van der Waals surface area contributed by atoms with E-state index in [-0.39, 0.29) is 5.78 Å². The number of ketones is 1. The summed E-state index contributed by atoms with van der Waals surface area (Å²) in [6, 6.07) is 7.01. The van der Waals surface area contributed by atoms with Crippen molar-refractivity contribution in [2.75, 3.05) is 0 Å². The number of aliphatic carboxylic acids is 1. The highest BCUT2D eigenvalue weighted by Crippen LogP contribution is 2.25. The number of Topliss-reactive ketones (excluding diaryl/α,β-unsaturated/α-hetero) is 1. The highest BCUT2D eigenvalue weighted by Gasteiger charge is 2.16. The van der Waals surface area contributed by atoms with E-state index >= 15 is 0 Å². The fourth-order valence-electron chi connectivity index (χ4n) is 1.24. The molecule has 0 aliphatic rings. The van der Waals surface area contributed by atoms with Crippen molar-refractivity contribution in [2.24, 2.45) is 0 Å². The molecule has 1 aromatic carbocycles. The van der Waals surface area contributed by atoms with E-state index in [1.807, 2.05) is 6.92 Å². The van der Waals surface area contributed by atoms with Crippen LogP contribution in [0.1, 0.15) is 30.6 Å². The van der Waals surface area contributed by atoms with Crippen LogP contribution < -0.4 is 0 Å². The Labute approximate surface area is 98.9 Å². The Hall–Kier alpha value is -1.29. The molecule has 0 aliphatic carbocycles. The second-order valence-electron chi connectivity index (χ2n) is 3.43. The summed E-state index contributed by atoms with van der Waals surface area (Å²) in [6.07, 6.45) is 0.578. The third-order valence-electron chi connectivity index (χ3n) is 2.19. The molecule has 0 radical (unpaired) electrons. The topological polar surface area (TPSA) is 54.4 Å². The van der Waals surface area contributed by atoms with Gasteiger partial charge in [-0.2, -0.15) is 0 Å². The Morgan fingerprint density at radius 1 is 1.31 bits per heavy atom. The van der Waals surface area contributed by atoms with Crippen molar-refractivity contribution in [1.82, 2.24) is 0 Å². The van der Waals surface area contributed by atoms with Crippen LogP contribution >= 0.6 is 11.8 Å². The van der Waals surface area contributed by atoms with E-state index in [0.717, 1.165) is 4.90 Å². The molecule has 0 spiro atoms. The lowest BCUT2D eigenvalue weighted by Crippen LogP contribution is -2.14. The molecule has 0 saturated heterocycles. The fourth-order valence-corrected chi connectivity index (χ4v) is 2.13. The maximum absolute atomic E-state index is 11.0. The third kappa shape index (κ3) is 3.38. The summed E-state index contributed by atoms with van der Waals surface area (Å²) in [5.41, 5.74) is 0.646. The number of benzene rings is 1. The van der Waals surface area contributed by atoms with Crippen LogP contribution in [0.4, 0.5) is 0 Å². The highest BCUT2D eigenvalue weighted by atomic mass is 32.2. The Morgan fingerprint density at radius 2 is 1.88 bits per heavy atom. The van der Waals surface area contributed by atoms with Crippen molar-refractivity contribution in [3.8, 4) is 0 Å². The number of carboxylic acid groups (broad SMARTS) is 1. The van der Waals surface area contributed by atoms with Crippen molar-refractivity contribution in [2.45, 2.75) is 30.4 Å². The maximum Gasteiger partial charge on any atom is 0.316 e. The van der Waals surface area contributed by atoms with Gasteiger partial charge in [-0.05, 0) is 25.5 Å². The minimum atomic E-state index is -0.803. The Kier molecular flexibility index (Phi) is 4.55. The molecule has 0 heterocycles. The van der Waals surface area contributed by atoms with E-state index in [2.05, 4.69) is 0 Å². The van der Waals surface area contributed by atoms with Crippen molar-refractivity contribution in [3.05, 3.63) is 29.8 Å². The summed E-state index contributed by atoms with van der Waals surface area (Å²) in [5.74, 6) is -0.787. The average molecular weight is 238 g/mol. The normalized spacial score (nSPS) is 12.1. The van der Waals surface area contributed by atoms with Gasteiger partial charge in [-0.25, -0.2) is 0 Å². The lowest BCUT2D eigenvalue weighted by Gasteiger charge is -2.09. The van der Waals surface area contributed by atoms with E-state index in [1.165, 1.54) is 18.7 Å². The molecule has 0 saturated carbocycles. The van der Waals surface area contributed by atoms with Crippen LogP contribution in [0.3, 0.4) is 0 Å². The van der Waals surface area contributed by atoms with Gasteiger partial charge in [0.1, 0.15) is 5.25 Å². The summed E-state index contributed by atoms with van der Waals surface area (Å²) in [5, 5.41) is 8.47. The summed E-state index contributed by atoms with van der Waals surface area (Å²) in [6.45, 7) is 3.35. The molecule has 4 heteroatoms. The van der Waals surface area contributed by atoms with Gasteiger partial charge in [0.05, 0.1) is 0 Å². The number of thioether (sulfide) groups is 1. The third-order valence-corrected chi connectivity index (χ3v) is 3.55. The van der Waals surface area contributed by atoms with E-state index < -0.39 is 11.2 Å². The number of hydrogen-bond acceptors (Lipinski definition) is 3. The lowest BCUT2D eigenvalue weighted by molar-refractivity contribution is -0.136. The van der Waals surface area contributed by atoms with E-state index in [1.54, 1.807) is 24.3 Å². The number of carbonyl (C=O) groups excluding carboxylic acids is 1. The summed E-state index contributed by atoms with van der Waals surface area (Å²) >= 11 is 1.31. The molecule has 1 N–H and O–H groups in total. The SMILES string of the molecule is CCC(Sc1ccc(C(C)=O)cc1)C(=O)O. The van der Waals surface area contributed by atoms with E-state index in [4.69, 9.17) is 5.11 Å². The number of carboxylic acids is 1. The van der Waals surface area contributed by atoms with Gasteiger partial charge >= 0.3 is 5.97 Å². The van der Waals surface area contributed by atoms with Crippen molar-refractivity contribution < 1.29 is 14.7 Å². The van der Waals surface area contributed by atoms with Crippen molar-refractivity contribution >= 4 is 23.5 Å². The molecule has 1 unspecified atom stereocenters. The minimum absolute atomic E-state index is 0.0156. The molecule has 0 bridgehead atoms. The number of carbonyl (C=O) groups is 2. The van der Waals surface area contributed by atoms with Gasteiger partial charge in [0, 0.05) is 10.5 Å². The molecule has 1 aromatic rings. The largest absolute Gasteiger partial charge is 0.480 e. The first-order chi connectivity index (χ1) is 7.54. The Bertz CT molecular complexity index is 384. The number of hydrogen-bond donors (Lipinski definition) is 1. The van der Waals surface area contributed by atoms with Crippen LogP contribution in [-0.4, -0.2) is 22.1 Å². The molecule has 16 heavy (non-hydrogen) atoms. The van der Waals surface area contributed by atoms with Gasteiger partial charge in [-0.15, -0.1) is 11.8 Å². The predicted molar refractivity (Wildman–Crippen MR) is 64.0 cm³/mol. The zero-order valence-electron chi connectivity index (χ0n) is 9.27. The van der Waals surface area contributed by atoms with Gasteiger partial charge in [0.25, 0.3) is 0 Å². The second-order valence-corrected chi connectivity index (χ2v) is 4.71. The van der Waals surface area contributed by atoms with Crippen molar-refractivity contribution in [1.29, 1.82) is 0 Å². The zero-order valence-corrected chi connectivity index (χ0v) is 10.1. The van der Waals surface area contributed by atoms with Gasteiger partial charge in [-0.1, -0.05) is 19.1 Å². The zero-order chi connectivity index (χ0) is 12.1. The van der Waals surface area contributed by atoms with Crippen LogP contribution in [-0.2, 0) is 4.79 Å². The second kappa shape index (κ2) is 5.70. The molecule has 0 aromatic heterocycles. The molecule has 3 nitrogen and oxygen atoms in total. The van der Waals surface area contributed by atoms with Crippen molar-refractivity contribution in [3.63, 3.8) is 0 Å². The van der Waals surface area contributed by atoms with Gasteiger partial charge in [-0.3, -0.25) is 9.59 Å². The monoisotopic (exact) mass is 238 g/mol. The quantitative estimate of drug-likeness (QED) is 0.633. The first-order valence-electron chi connectivity index (χ1n) is 5.05. The first-order valence-corrected chi connectivity index (χ1v) is 5.93. The summed E-state index contributed by atoms with van der Waals surface area (Å²) in [7, 11) is 0. The molecule has 0 amide bonds. The van der Waals surface area contributed by atoms with Crippen LogP contribution in [0.25, 0.3) is 0 Å². The molecular weight excluding hydrogens is 224 g/mol. The summed E-state index contributed by atoms with van der Waals surface area (Å²) < 4.78 is 0. The smallest absolute Gasteiger partial charge is 0.316 e. The van der Waals surface area contributed by atoms with Crippen LogP contribution in [0.15, 0.2) is 29.2 Å². The molecule has 0 fully saturated rings. The molecule has 1 rings (SSSR count). The van der Waals surface area contributed by atoms with E-state index in [9.17, 15) is 9.59 Å². The molecule has 86 valence electrons. The lowest BCUT2D eigenvalue weighted by atomic mass is 10.2. The van der Waals surface area contributed by atoms with E-state index in [0.29, 0.717) is 12.0 Å². The molecule has 1 atom stereocenters. The number of rotatable bonds is 5. The van der Waals surface area contributed by atoms with Crippen LogP contribution in [0.5, 0.6) is 0 Å². The predicted octanol–water partition coefficient (Wildman–Crippen LogP) is 2.84. The van der Waals surface area contributed by atoms with Crippen LogP contribution in [0, 0.1) is 0 Å². The highest BCUT2D eigenvalue weighted by molar-refractivity contribution is 8.00. The molecular formula is C12H14O3S. The maximum atomic E-state index is 11.0.